The minimum absolute atomic E-state index is 0.593. The third kappa shape index (κ3) is 5.40. The summed E-state index contributed by atoms with van der Waals surface area (Å²) in [5, 5.41) is 0. The van der Waals surface area contributed by atoms with Gasteiger partial charge in [0.05, 0.1) is 26.0 Å². The van der Waals surface area contributed by atoms with Gasteiger partial charge in [-0.25, -0.2) is 0 Å². The summed E-state index contributed by atoms with van der Waals surface area (Å²) in [6.07, 6.45) is 1.85. The Labute approximate surface area is 138 Å². The summed E-state index contributed by atoms with van der Waals surface area (Å²) in [6, 6.07) is 11.7. The summed E-state index contributed by atoms with van der Waals surface area (Å²) >= 11 is 0. The Bertz CT molecular complexity index is 620. The van der Waals surface area contributed by atoms with Gasteiger partial charge in [-0.05, 0) is 62.1 Å². The molecule has 4 nitrogen and oxygen atoms in total. The Morgan fingerprint density at radius 3 is 2.09 bits per heavy atom. The number of nitrogens with two attached hydrogens (primary N) is 1. The number of nitrogen functional groups attached to an aromatic ring is 1. The number of anilines is 1. The normalized spacial score (nSPS) is 10.4. The highest BCUT2D eigenvalue weighted by Gasteiger charge is 2.02. The molecule has 0 heterocycles. The summed E-state index contributed by atoms with van der Waals surface area (Å²) in [6.45, 7) is 5.46. The van der Waals surface area contributed by atoms with Crippen LogP contribution in [0.25, 0.3) is 0 Å². The van der Waals surface area contributed by atoms with Gasteiger partial charge in [0.2, 0.25) is 0 Å². The van der Waals surface area contributed by atoms with E-state index < -0.39 is 0 Å². The number of ether oxygens (including phenoxy) is 3. The van der Waals surface area contributed by atoms with E-state index in [2.05, 4.69) is 32.0 Å². The lowest BCUT2D eigenvalue weighted by Gasteiger charge is -2.11. The zero-order valence-electron chi connectivity index (χ0n) is 14.1. The molecule has 0 saturated carbocycles. The van der Waals surface area contributed by atoms with Gasteiger partial charge in [-0.1, -0.05) is 6.07 Å². The number of methoxy groups -OCH3 is 1. The van der Waals surface area contributed by atoms with Crippen LogP contribution in [-0.4, -0.2) is 20.3 Å². The molecular formula is C19H25NO3. The highest BCUT2D eigenvalue weighted by Crippen LogP contribution is 2.26. The van der Waals surface area contributed by atoms with Crippen molar-refractivity contribution >= 4 is 5.69 Å². The van der Waals surface area contributed by atoms with Crippen LogP contribution in [0.5, 0.6) is 17.2 Å². The fourth-order valence-corrected chi connectivity index (χ4v) is 2.38. The molecule has 0 aromatic heterocycles. The van der Waals surface area contributed by atoms with Crippen molar-refractivity contribution in [3.63, 3.8) is 0 Å². The van der Waals surface area contributed by atoms with Crippen LogP contribution < -0.4 is 19.9 Å². The Morgan fingerprint density at radius 1 is 0.826 bits per heavy atom. The SMILES string of the molecule is COc1ccc(OCCCCOc2cc(C)cc(C)c2)c(N)c1. The number of hydrogen-bond acceptors (Lipinski definition) is 4. The van der Waals surface area contributed by atoms with E-state index in [1.54, 1.807) is 13.2 Å². The molecule has 0 aliphatic heterocycles. The first-order valence-electron chi connectivity index (χ1n) is 7.86. The van der Waals surface area contributed by atoms with E-state index in [1.807, 2.05) is 12.1 Å². The van der Waals surface area contributed by atoms with Gasteiger partial charge in [-0.15, -0.1) is 0 Å². The van der Waals surface area contributed by atoms with Crippen LogP contribution in [0.15, 0.2) is 36.4 Å². The first kappa shape index (κ1) is 17.0. The van der Waals surface area contributed by atoms with Gasteiger partial charge in [0.1, 0.15) is 17.2 Å². The van der Waals surface area contributed by atoms with Gasteiger partial charge in [0.15, 0.2) is 0 Å². The van der Waals surface area contributed by atoms with Gasteiger partial charge in [0.25, 0.3) is 0 Å². The standard InChI is InChI=1S/C19H25NO3/c1-14-10-15(2)12-17(11-14)22-8-4-5-9-23-19-7-6-16(21-3)13-18(19)20/h6-7,10-13H,4-5,8-9,20H2,1-3H3. The maximum atomic E-state index is 5.91. The second kappa shape index (κ2) is 8.32. The maximum absolute atomic E-state index is 5.91. The average Bonchev–Trinajstić information content (AvgIpc) is 2.51. The van der Waals surface area contributed by atoms with Crippen molar-refractivity contribution in [2.24, 2.45) is 0 Å². The lowest BCUT2D eigenvalue weighted by atomic mass is 10.1. The summed E-state index contributed by atoms with van der Waals surface area (Å²) < 4.78 is 16.6. The van der Waals surface area contributed by atoms with Crippen LogP contribution in [0.1, 0.15) is 24.0 Å². The molecule has 0 amide bonds. The second-order valence-corrected chi connectivity index (χ2v) is 5.63. The molecule has 2 aromatic rings. The van der Waals surface area contributed by atoms with Crippen molar-refractivity contribution in [1.29, 1.82) is 0 Å². The molecule has 23 heavy (non-hydrogen) atoms. The van der Waals surface area contributed by atoms with E-state index in [0.717, 1.165) is 24.3 Å². The molecule has 0 aliphatic carbocycles. The zero-order valence-corrected chi connectivity index (χ0v) is 14.1. The molecular weight excluding hydrogens is 290 g/mol. The summed E-state index contributed by atoms with van der Waals surface area (Å²) in [4.78, 5) is 0. The molecule has 2 rings (SSSR count). The van der Waals surface area contributed by atoms with Crippen LogP contribution in [0.3, 0.4) is 0 Å². The lowest BCUT2D eigenvalue weighted by Crippen LogP contribution is -2.04. The van der Waals surface area contributed by atoms with Crippen molar-refractivity contribution in [2.45, 2.75) is 26.7 Å². The minimum Gasteiger partial charge on any atom is -0.497 e. The van der Waals surface area contributed by atoms with Crippen LogP contribution in [0.2, 0.25) is 0 Å². The highest BCUT2D eigenvalue weighted by molar-refractivity contribution is 5.56. The van der Waals surface area contributed by atoms with Gasteiger partial charge in [0, 0.05) is 6.07 Å². The molecule has 0 spiro atoms. The average molecular weight is 315 g/mol. The maximum Gasteiger partial charge on any atom is 0.142 e. The number of benzene rings is 2. The molecule has 2 N–H and O–H groups in total. The third-order valence-corrected chi connectivity index (χ3v) is 3.48. The van der Waals surface area contributed by atoms with Gasteiger partial charge in [-0.3, -0.25) is 0 Å². The summed E-state index contributed by atoms with van der Waals surface area (Å²) in [5.74, 6) is 2.36. The van der Waals surface area contributed by atoms with Crippen molar-refractivity contribution < 1.29 is 14.2 Å². The minimum atomic E-state index is 0.593. The van der Waals surface area contributed by atoms with Gasteiger partial charge < -0.3 is 19.9 Å². The molecule has 124 valence electrons. The molecule has 0 atom stereocenters. The Kier molecular flexibility index (Phi) is 6.15. The lowest BCUT2D eigenvalue weighted by molar-refractivity contribution is 0.267. The highest BCUT2D eigenvalue weighted by atomic mass is 16.5. The van der Waals surface area contributed by atoms with Crippen LogP contribution in [0.4, 0.5) is 5.69 Å². The Morgan fingerprint density at radius 2 is 1.48 bits per heavy atom. The number of unbranched alkanes of at least 4 members (excludes halogenated alkanes) is 1. The zero-order chi connectivity index (χ0) is 16.7. The molecule has 0 bridgehead atoms. The molecule has 0 unspecified atom stereocenters. The number of aryl methyl sites for hydroxylation is 2. The molecule has 4 heteroatoms. The largest absolute Gasteiger partial charge is 0.497 e. The van der Waals surface area contributed by atoms with Crippen LogP contribution >= 0.6 is 0 Å². The second-order valence-electron chi connectivity index (χ2n) is 5.63. The number of hydrogen-bond donors (Lipinski definition) is 1. The Balaban J connectivity index is 1.68. The number of rotatable bonds is 8. The van der Waals surface area contributed by atoms with E-state index in [1.165, 1.54) is 11.1 Å². The van der Waals surface area contributed by atoms with Gasteiger partial charge >= 0.3 is 0 Å². The summed E-state index contributed by atoms with van der Waals surface area (Å²) in [5.41, 5.74) is 8.95. The fraction of sp³-hybridized carbons (Fsp3) is 0.368. The quantitative estimate of drug-likeness (QED) is 0.588. The van der Waals surface area contributed by atoms with Crippen molar-refractivity contribution in [3.8, 4) is 17.2 Å². The van der Waals surface area contributed by atoms with Crippen LogP contribution in [0, 0.1) is 13.8 Å². The fourth-order valence-electron chi connectivity index (χ4n) is 2.38. The predicted molar refractivity (Wildman–Crippen MR) is 93.5 cm³/mol. The molecule has 0 fully saturated rings. The molecule has 0 aliphatic rings. The van der Waals surface area contributed by atoms with Crippen molar-refractivity contribution in [3.05, 3.63) is 47.5 Å². The van der Waals surface area contributed by atoms with E-state index >= 15 is 0 Å². The van der Waals surface area contributed by atoms with Crippen LogP contribution in [-0.2, 0) is 0 Å². The smallest absolute Gasteiger partial charge is 0.142 e. The molecule has 2 aromatic carbocycles. The first-order valence-corrected chi connectivity index (χ1v) is 7.86. The topological polar surface area (TPSA) is 53.7 Å². The van der Waals surface area contributed by atoms with Crippen molar-refractivity contribution in [1.82, 2.24) is 0 Å². The first-order chi connectivity index (χ1) is 11.1. The van der Waals surface area contributed by atoms with E-state index in [4.69, 9.17) is 19.9 Å². The monoisotopic (exact) mass is 315 g/mol. The van der Waals surface area contributed by atoms with E-state index in [0.29, 0.717) is 24.7 Å². The summed E-state index contributed by atoms with van der Waals surface area (Å²) in [7, 11) is 1.62. The third-order valence-electron chi connectivity index (χ3n) is 3.48. The Hall–Kier alpha value is -2.36. The van der Waals surface area contributed by atoms with Gasteiger partial charge in [-0.2, -0.15) is 0 Å². The van der Waals surface area contributed by atoms with E-state index in [9.17, 15) is 0 Å². The van der Waals surface area contributed by atoms with Crippen molar-refractivity contribution in [2.75, 3.05) is 26.1 Å². The molecule has 0 saturated heterocycles. The van der Waals surface area contributed by atoms with E-state index in [-0.39, 0.29) is 0 Å². The predicted octanol–water partition coefficient (Wildman–Crippen LogP) is 4.13. The molecule has 0 radical (unpaired) electrons.